The van der Waals surface area contributed by atoms with Crippen LogP contribution in [0.5, 0.6) is 0 Å². The van der Waals surface area contributed by atoms with E-state index in [1.54, 1.807) is 0 Å². The average molecular weight is 354 g/mol. The van der Waals surface area contributed by atoms with Crippen LogP contribution < -0.4 is 0 Å². The van der Waals surface area contributed by atoms with Crippen molar-refractivity contribution < 1.29 is 4.43 Å². The monoisotopic (exact) mass is 354 g/mol. The topological polar surface area (TPSA) is 9.23 Å². The van der Waals surface area contributed by atoms with Crippen LogP contribution in [0.1, 0.15) is 53.4 Å². The molecule has 0 amide bonds. The highest BCUT2D eigenvalue weighted by atomic mass is 127. The first kappa shape index (κ1) is 15.0. The van der Waals surface area contributed by atoms with Gasteiger partial charge in [-0.05, 0) is 43.8 Å². The zero-order valence-electron chi connectivity index (χ0n) is 11.7. The number of alkyl halides is 1. The predicted molar refractivity (Wildman–Crippen MR) is 83.0 cm³/mol. The van der Waals surface area contributed by atoms with Crippen LogP contribution in [0.25, 0.3) is 0 Å². The summed E-state index contributed by atoms with van der Waals surface area (Å²) < 4.78 is 7.09. The first-order valence-corrected chi connectivity index (χ1v) is 10.5. The van der Waals surface area contributed by atoms with E-state index in [0.717, 1.165) is 6.42 Å². The summed E-state index contributed by atoms with van der Waals surface area (Å²) in [6.07, 6.45) is 5.70. The summed E-state index contributed by atoms with van der Waals surface area (Å²) in [7, 11) is -1.56. The lowest BCUT2D eigenvalue weighted by Gasteiger charge is -2.39. The molecule has 0 N–H and O–H groups in total. The van der Waals surface area contributed by atoms with Crippen molar-refractivity contribution in [2.75, 3.05) is 0 Å². The van der Waals surface area contributed by atoms with Crippen molar-refractivity contribution in [2.24, 2.45) is 0 Å². The molecule has 0 bridgehead atoms. The minimum absolute atomic E-state index is 0.336. The highest BCUT2D eigenvalue weighted by Gasteiger charge is 2.44. The smallest absolute Gasteiger partial charge is 0.192 e. The second-order valence-corrected chi connectivity index (χ2v) is 13.8. The Morgan fingerprint density at radius 1 is 1.31 bits per heavy atom. The summed E-state index contributed by atoms with van der Waals surface area (Å²) in [6.45, 7) is 14.0. The Morgan fingerprint density at radius 2 is 1.81 bits per heavy atom. The fourth-order valence-electron chi connectivity index (χ4n) is 1.61. The van der Waals surface area contributed by atoms with Crippen LogP contribution >= 0.6 is 22.6 Å². The molecule has 3 heteroatoms. The summed E-state index contributed by atoms with van der Waals surface area (Å²) >= 11 is 2.63. The third-order valence-corrected chi connectivity index (χ3v) is 10.2. The van der Waals surface area contributed by atoms with Gasteiger partial charge >= 0.3 is 0 Å². The van der Waals surface area contributed by atoms with E-state index in [4.69, 9.17) is 4.43 Å². The summed E-state index contributed by atoms with van der Waals surface area (Å²) in [4.78, 5) is 0. The molecule has 1 nitrogen and oxygen atoms in total. The lowest BCUT2D eigenvalue weighted by atomic mass is 10.1. The van der Waals surface area contributed by atoms with Gasteiger partial charge in [-0.15, -0.1) is 0 Å². The largest absolute Gasteiger partial charge is 0.414 e. The van der Waals surface area contributed by atoms with E-state index < -0.39 is 8.32 Å². The van der Waals surface area contributed by atoms with Crippen LogP contribution in [0.4, 0.5) is 0 Å². The number of halogens is 1. The zero-order valence-corrected chi connectivity index (χ0v) is 14.8. The first-order chi connectivity index (χ1) is 7.10. The van der Waals surface area contributed by atoms with E-state index in [1.165, 1.54) is 19.3 Å². The minimum atomic E-state index is -1.56. The van der Waals surface area contributed by atoms with Crippen molar-refractivity contribution in [3.63, 3.8) is 0 Å². The van der Waals surface area contributed by atoms with E-state index in [9.17, 15) is 0 Å². The normalized spacial score (nSPS) is 21.9. The van der Waals surface area contributed by atoms with Crippen molar-refractivity contribution in [1.29, 1.82) is 0 Å². The molecular weight excluding hydrogens is 327 g/mol. The number of hydrogen-bond acceptors (Lipinski definition) is 1. The molecule has 16 heavy (non-hydrogen) atoms. The van der Waals surface area contributed by atoms with Gasteiger partial charge < -0.3 is 4.43 Å². The molecule has 1 rings (SSSR count). The molecule has 0 spiro atoms. The summed E-state index contributed by atoms with van der Waals surface area (Å²) in [5, 5.41) is 0.336. The quantitative estimate of drug-likeness (QED) is 0.377. The summed E-state index contributed by atoms with van der Waals surface area (Å²) in [5.41, 5.74) is 0. The minimum Gasteiger partial charge on any atom is -0.414 e. The molecule has 0 aromatic carbocycles. The van der Waals surface area contributed by atoms with Crippen LogP contribution in [0.15, 0.2) is 0 Å². The Labute approximate surface area is 116 Å². The molecule has 1 atom stereocenters. The van der Waals surface area contributed by atoms with Gasteiger partial charge in [0.15, 0.2) is 8.32 Å². The maximum absolute atomic E-state index is 6.50. The molecule has 0 saturated heterocycles. The zero-order chi connectivity index (χ0) is 12.6. The van der Waals surface area contributed by atoms with Crippen molar-refractivity contribution in [2.45, 2.75) is 81.0 Å². The molecule has 0 aromatic heterocycles. The van der Waals surface area contributed by atoms with Gasteiger partial charge in [-0.25, -0.2) is 0 Å². The van der Waals surface area contributed by atoms with E-state index in [2.05, 4.69) is 63.4 Å². The third kappa shape index (κ3) is 3.98. The molecule has 0 heterocycles. The van der Waals surface area contributed by atoms with Gasteiger partial charge in [0, 0.05) is 9.53 Å². The molecular formula is C13H27IOSi. The fraction of sp³-hybridized carbons (Fsp3) is 1.00. The first-order valence-electron chi connectivity index (χ1n) is 6.46. The fourth-order valence-corrected chi connectivity index (χ4v) is 3.81. The maximum atomic E-state index is 6.50. The van der Waals surface area contributed by atoms with Gasteiger partial charge in [0.2, 0.25) is 0 Å². The Balaban J connectivity index is 2.55. The van der Waals surface area contributed by atoms with E-state index in [1.807, 2.05) is 0 Å². The lowest BCUT2D eigenvalue weighted by molar-refractivity contribution is 0.165. The maximum Gasteiger partial charge on any atom is 0.192 e. The van der Waals surface area contributed by atoms with Gasteiger partial charge in [-0.3, -0.25) is 0 Å². The Kier molecular flexibility index (Phi) is 4.57. The Bertz CT molecular complexity index is 241. The third-order valence-electron chi connectivity index (χ3n) is 4.11. The van der Waals surface area contributed by atoms with Crippen LogP contribution in [-0.4, -0.2) is 17.8 Å². The van der Waals surface area contributed by atoms with Crippen LogP contribution in [-0.2, 0) is 4.43 Å². The van der Waals surface area contributed by atoms with Crippen LogP contribution in [0.3, 0.4) is 0 Å². The average Bonchev–Trinajstić information content (AvgIpc) is 2.80. The SMILES string of the molecule is CC[C@@H](CC1(I)CC1)O[Si](C)(C)C(C)(C)C. The van der Waals surface area contributed by atoms with E-state index in [0.29, 0.717) is 14.6 Å². The lowest BCUT2D eigenvalue weighted by Crippen LogP contribution is -2.44. The molecule has 0 unspecified atom stereocenters. The van der Waals surface area contributed by atoms with Gasteiger partial charge in [0.05, 0.1) is 0 Å². The van der Waals surface area contributed by atoms with Crippen molar-refractivity contribution >= 4 is 30.9 Å². The number of hydrogen-bond donors (Lipinski definition) is 0. The second kappa shape index (κ2) is 4.88. The molecule has 1 aliphatic carbocycles. The highest BCUT2D eigenvalue weighted by Crippen LogP contribution is 2.50. The highest BCUT2D eigenvalue weighted by molar-refractivity contribution is 14.1. The standard InChI is InChI=1S/C13H27IOSi/c1-7-11(10-13(14)8-9-13)15-16(5,6)12(2,3)4/h11H,7-10H2,1-6H3/t11-/m0/s1. The second-order valence-electron chi connectivity index (χ2n) is 6.76. The van der Waals surface area contributed by atoms with Crippen LogP contribution in [0.2, 0.25) is 18.1 Å². The van der Waals surface area contributed by atoms with Gasteiger partial charge in [-0.1, -0.05) is 50.3 Å². The van der Waals surface area contributed by atoms with E-state index >= 15 is 0 Å². The predicted octanol–water partition coefficient (Wildman–Crippen LogP) is 5.14. The Hall–Kier alpha value is 0.907. The number of rotatable bonds is 5. The molecule has 0 radical (unpaired) electrons. The molecule has 1 fully saturated rings. The van der Waals surface area contributed by atoms with Crippen molar-refractivity contribution in [3.05, 3.63) is 0 Å². The molecule has 1 aliphatic rings. The Morgan fingerprint density at radius 3 is 2.12 bits per heavy atom. The van der Waals surface area contributed by atoms with Gasteiger partial charge in [0.1, 0.15) is 0 Å². The molecule has 0 aromatic rings. The van der Waals surface area contributed by atoms with Crippen molar-refractivity contribution in [1.82, 2.24) is 0 Å². The van der Waals surface area contributed by atoms with Crippen LogP contribution in [0, 0.1) is 0 Å². The van der Waals surface area contributed by atoms with E-state index in [-0.39, 0.29) is 0 Å². The molecule has 1 saturated carbocycles. The summed E-state index contributed by atoms with van der Waals surface area (Å²) in [5.74, 6) is 0. The van der Waals surface area contributed by atoms with Gasteiger partial charge in [0.25, 0.3) is 0 Å². The van der Waals surface area contributed by atoms with Crippen molar-refractivity contribution in [3.8, 4) is 0 Å². The van der Waals surface area contributed by atoms with Gasteiger partial charge in [-0.2, -0.15) is 0 Å². The molecule has 0 aliphatic heterocycles. The summed E-state index contributed by atoms with van der Waals surface area (Å²) in [6, 6.07) is 0. The molecule has 96 valence electrons.